The number of benzene rings is 1. The summed E-state index contributed by atoms with van der Waals surface area (Å²) in [6.45, 7) is 13.0. The average Bonchev–Trinajstić information content (AvgIpc) is 3.22. The maximum atomic E-state index is 13.9. The van der Waals surface area contributed by atoms with Crippen LogP contribution >= 0.6 is 0 Å². The number of aryl methyl sites for hydroxylation is 1. The molecule has 216 valence electrons. The van der Waals surface area contributed by atoms with Gasteiger partial charge in [-0.1, -0.05) is 0 Å². The highest BCUT2D eigenvalue weighted by molar-refractivity contribution is 6.00. The molecule has 3 heterocycles. The maximum Gasteiger partial charge on any atom is 0.410 e. The van der Waals surface area contributed by atoms with Crippen LogP contribution in [0.3, 0.4) is 0 Å². The molecule has 0 radical (unpaired) electrons. The van der Waals surface area contributed by atoms with Crippen molar-refractivity contribution in [2.24, 2.45) is 7.05 Å². The fourth-order valence-electron chi connectivity index (χ4n) is 4.46. The lowest BCUT2D eigenvalue weighted by atomic mass is 10.2. The van der Waals surface area contributed by atoms with Crippen LogP contribution in [0.5, 0.6) is 5.75 Å². The zero-order valence-corrected chi connectivity index (χ0v) is 24.0. The quantitative estimate of drug-likeness (QED) is 0.430. The first kappa shape index (κ1) is 29.1. The fraction of sp³-hybridized carbons (Fsp3) is 0.500. The molecular weight excluding hydrogens is 517 g/mol. The number of rotatable bonds is 8. The minimum atomic E-state index is -0.519. The van der Waals surface area contributed by atoms with Gasteiger partial charge in [0.25, 0.3) is 5.91 Å². The second-order valence-corrected chi connectivity index (χ2v) is 11.0. The van der Waals surface area contributed by atoms with Crippen molar-refractivity contribution >= 4 is 34.5 Å². The standard InChI is InChI=1S/C28H38FN7O4/c1-18(2)39-23-15-19(29)7-8-20(23)33-25-24-21(31-17-32-25)16-22(34(24)6)26(37)30-9-10-35-11-13-36(14-12-35)27(38)40-28(3,4)5/h7-8,15-18H,9-14H2,1-6H3,(H,30,37)(H,31,32,33). The van der Waals surface area contributed by atoms with Gasteiger partial charge in [-0.2, -0.15) is 0 Å². The molecule has 0 unspecified atom stereocenters. The van der Waals surface area contributed by atoms with E-state index in [1.807, 2.05) is 34.6 Å². The molecule has 12 heteroatoms. The zero-order chi connectivity index (χ0) is 29.0. The molecule has 3 aromatic rings. The number of fused-ring (bicyclic) bond motifs is 1. The second-order valence-electron chi connectivity index (χ2n) is 11.0. The SMILES string of the molecule is CC(C)Oc1cc(F)ccc1Nc1ncnc2cc(C(=O)NCCN3CCN(C(=O)OC(C)(C)C)CC3)n(C)c12. The highest BCUT2D eigenvalue weighted by Gasteiger charge is 2.26. The lowest BCUT2D eigenvalue weighted by Crippen LogP contribution is -2.51. The Bertz CT molecular complexity index is 1360. The van der Waals surface area contributed by atoms with Crippen LogP contribution in [0.1, 0.15) is 45.1 Å². The van der Waals surface area contributed by atoms with E-state index in [2.05, 4.69) is 25.5 Å². The Kier molecular flexibility index (Phi) is 8.77. The predicted molar refractivity (Wildman–Crippen MR) is 151 cm³/mol. The third kappa shape index (κ3) is 7.17. The minimum Gasteiger partial charge on any atom is -0.489 e. The highest BCUT2D eigenvalue weighted by Crippen LogP contribution is 2.32. The molecule has 4 rings (SSSR count). The third-order valence-corrected chi connectivity index (χ3v) is 6.35. The molecule has 0 saturated carbocycles. The van der Waals surface area contributed by atoms with E-state index in [9.17, 15) is 14.0 Å². The zero-order valence-electron chi connectivity index (χ0n) is 24.0. The number of carbonyl (C=O) groups excluding carboxylic acids is 2. The van der Waals surface area contributed by atoms with E-state index in [0.717, 1.165) is 0 Å². The van der Waals surface area contributed by atoms with Crippen LogP contribution in [0.2, 0.25) is 0 Å². The van der Waals surface area contributed by atoms with Crippen molar-refractivity contribution in [2.75, 3.05) is 44.6 Å². The maximum absolute atomic E-state index is 13.9. The van der Waals surface area contributed by atoms with E-state index >= 15 is 0 Å². The van der Waals surface area contributed by atoms with E-state index in [0.29, 0.717) is 73.3 Å². The first-order valence-corrected chi connectivity index (χ1v) is 13.4. The molecule has 1 aromatic carbocycles. The Labute approximate surface area is 233 Å². The predicted octanol–water partition coefficient (Wildman–Crippen LogP) is 3.92. The van der Waals surface area contributed by atoms with Crippen molar-refractivity contribution in [3.8, 4) is 5.75 Å². The number of piperazine rings is 1. The first-order chi connectivity index (χ1) is 18.9. The van der Waals surface area contributed by atoms with E-state index in [-0.39, 0.29) is 18.1 Å². The van der Waals surface area contributed by atoms with Crippen molar-refractivity contribution in [3.63, 3.8) is 0 Å². The molecule has 2 N–H and O–H groups in total. The summed E-state index contributed by atoms with van der Waals surface area (Å²) in [7, 11) is 1.78. The number of nitrogens with one attached hydrogen (secondary N) is 2. The molecular formula is C28H38FN7O4. The number of ether oxygens (including phenoxy) is 2. The fourth-order valence-corrected chi connectivity index (χ4v) is 4.46. The summed E-state index contributed by atoms with van der Waals surface area (Å²) < 4.78 is 26.8. The molecule has 11 nitrogen and oxygen atoms in total. The van der Waals surface area contributed by atoms with E-state index in [4.69, 9.17) is 9.47 Å². The van der Waals surface area contributed by atoms with Crippen molar-refractivity contribution in [2.45, 2.75) is 46.3 Å². The molecule has 0 atom stereocenters. The van der Waals surface area contributed by atoms with Gasteiger partial charge >= 0.3 is 6.09 Å². The number of amides is 2. The Balaban J connectivity index is 1.38. The van der Waals surface area contributed by atoms with Gasteiger partial charge in [-0.05, 0) is 52.8 Å². The summed E-state index contributed by atoms with van der Waals surface area (Å²) in [5.74, 6) is 0.191. The largest absolute Gasteiger partial charge is 0.489 e. The molecule has 1 fully saturated rings. The lowest BCUT2D eigenvalue weighted by molar-refractivity contribution is 0.0147. The molecule has 1 saturated heterocycles. The Morgan fingerprint density at radius 1 is 1.10 bits per heavy atom. The van der Waals surface area contributed by atoms with Crippen LogP contribution in [0.4, 0.5) is 20.7 Å². The van der Waals surface area contributed by atoms with Crippen molar-refractivity contribution in [1.82, 2.24) is 29.7 Å². The summed E-state index contributed by atoms with van der Waals surface area (Å²) in [5, 5.41) is 6.19. The summed E-state index contributed by atoms with van der Waals surface area (Å²) in [6.07, 6.45) is 0.971. The Hall–Kier alpha value is -3.93. The first-order valence-electron chi connectivity index (χ1n) is 13.4. The highest BCUT2D eigenvalue weighted by atomic mass is 19.1. The molecule has 2 amide bonds. The summed E-state index contributed by atoms with van der Waals surface area (Å²) in [6, 6.07) is 5.97. The number of nitrogens with zero attached hydrogens (tertiary/aromatic N) is 5. The van der Waals surface area contributed by atoms with Crippen LogP contribution in [0.15, 0.2) is 30.6 Å². The lowest BCUT2D eigenvalue weighted by Gasteiger charge is -2.35. The summed E-state index contributed by atoms with van der Waals surface area (Å²) in [5.41, 5.74) is 1.69. The van der Waals surface area contributed by atoms with Crippen LogP contribution < -0.4 is 15.4 Å². The van der Waals surface area contributed by atoms with Gasteiger partial charge in [-0.3, -0.25) is 9.69 Å². The molecule has 1 aliphatic heterocycles. The van der Waals surface area contributed by atoms with Gasteiger partial charge in [0.15, 0.2) is 5.82 Å². The second kappa shape index (κ2) is 12.1. The van der Waals surface area contributed by atoms with Gasteiger partial charge in [0.05, 0.1) is 17.3 Å². The molecule has 0 bridgehead atoms. The third-order valence-electron chi connectivity index (χ3n) is 6.35. The van der Waals surface area contributed by atoms with Gasteiger partial charge in [0.2, 0.25) is 0 Å². The number of hydrogen-bond acceptors (Lipinski definition) is 8. The van der Waals surface area contributed by atoms with E-state index in [1.54, 1.807) is 28.6 Å². The van der Waals surface area contributed by atoms with Crippen LogP contribution in [0, 0.1) is 5.82 Å². The van der Waals surface area contributed by atoms with Gasteiger partial charge in [0.1, 0.15) is 34.7 Å². The average molecular weight is 556 g/mol. The molecule has 2 aromatic heterocycles. The molecule has 0 aliphatic carbocycles. The van der Waals surface area contributed by atoms with Gasteiger partial charge in [0, 0.05) is 52.4 Å². The number of halogens is 1. The van der Waals surface area contributed by atoms with E-state index in [1.165, 1.54) is 18.5 Å². The smallest absolute Gasteiger partial charge is 0.410 e. The molecule has 1 aliphatic rings. The summed E-state index contributed by atoms with van der Waals surface area (Å²) >= 11 is 0. The van der Waals surface area contributed by atoms with Crippen molar-refractivity contribution in [3.05, 3.63) is 42.1 Å². The number of carbonyl (C=O) groups is 2. The van der Waals surface area contributed by atoms with Crippen LogP contribution in [-0.4, -0.2) is 87.3 Å². The van der Waals surface area contributed by atoms with Crippen molar-refractivity contribution < 1.29 is 23.5 Å². The Morgan fingerprint density at radius 3 is 2.50 bits per heavy atom. The van der Waals surface area contributed by atoms with Crippen molar-refractivity contribution in [1.29, 1.82) is 0 Å². The van der Waals surface area contributed by atoms with Gasteiger partial charge < -0.3 is 29.6 Å². The number of hydrogen-bond donors (Lipinski definition) is 2. The normalized spacial score (nSPS) is 14.4. The monoisotopic (exact) mass is 555 g/mol. The minimum absolute atomic E-state index is 0.146. The molecule has 0 spiro atoms. The Morgan fingerprint density at radius 2 is 1.82 bits per heavy atom. The van der Waals surface area contributed by atoms with Gasteiger partial charge in [-0.15, -0.1) is 0 Å². The topological polar surface area (TPSA) is 114 Å². The summed E-state index contributed by atoms with van der Waals surface area (Å²) in [4.78, 5) is 38.0. The van der Waals surface area contributed by atoms with Crippen LogP contribution in [0.25, 0.3) is 11.0 Å². The van der Waals surface area contributed by atoms with Gasteiger partial charge in [-0.25, -0.2) is 19.2 Å². The number of anilines is 2. The van der Waals surface area contributed by atoms with Crippen LogP contribution in [-0.2, 0) is 11.8 Å². The van der Waals surface area contributed by atoms with E-state index < -0.39 is 11.4 Å². The number of aromatic nitrogens is 3. The molecule has 40 heavy (non-hydrogen) atoms.